The predicted octanol–water partition coefficient (Wildman–Crippen LogP) is 2.38. The summed E-state index contributed by atoms with van der Waals surface area (Å²) in [4.78, 5) is 33.5. The molecule has 33 heavy (non-hydrogen) atoms. The average molecular weight is 456 g/mol. The standard InChI is InChI=1S/C25H33N3O5/c1-16-6-8-19(9-7-16)20-10-21-24(26-11-20)33-22(13-27(4)23(30)15-32-5)17(2)12-28(25(21)31)18(3)14-29/h6-11,17-18,22,29H,12-15H2,1-5H3/t17-,18-,22+/m1/s1. The van der Waals surface area contributed by atoms with Crippen LogP contribution in [0.15, 0.2) is 36.5 Å². The van der Waals surface area contributed by atoms with Crippen LogP contribution in [0.1, 0.15) is 29.8 Å². The quantitative estimate of drug-likeness (QED) is 0.689. The van der Waals surface area contributed by atoms with E-state index in [1.54, 1.807) is 29.1 Å². The van der Waals surface area contributed by atoms with Crippen molar-refractivity contribution in [3.05, 3.63) is 47.7 Å². The highest BCUT2D eigenvalue weighted by atomic mass is 16.5. The zero-order valence-electron chi connectivity index (χ0n) is 19.9. The molecule has 2 amide bonds. The highest BCUT2D eigenvalue weighted by Gasteiger charge is 2.34. The van der Waals surface area contributed by atoms with Crippen LogP contribution in [-0.4, -0.2) is 84.3 Å². The number of carbonyl (C=O) groups is 2. The number of aromatic nitrogens is 1. The van der Waals surface area contributed by atoms with E-state index in [2.05, 4.69) is 4.98 Å². The molecule has 0 aliphatic carbocycles. The normalized spacial score (nSPS) is 19.2. The molecule has 8 heteroatoms. The molecular formula is C25H33N3O5. The molecule has 3 rings (SSSR count). The van der Waals surface area contributed by atoms with E-state index < -0.39 is 6.10 Å². The van der Waals surface area contributed by atoms with E-state index in [9.17, 15) is 14.7 Å². The first kappa shape index (κ1) is 24.7. The maximum absolute atomic E-state index is 13.5. The first-order valence-electron chi connectivity index (χ1n) is 11.1. The Labute approximate surface area is 195 Å². The number of fused-ring (bicyclic) bond motifs is 1. The summed E-state index contributed by atoms with van der Waals surface area (Å²) in [7, 11) is 3.18. The number of amides is 2. The van der Waals surface area contributed by atoms with Crippen molar-refractivity contribution in [3.63, 3.8) is 0 Å². The van der Waals surface area contributed by atoms with E-state index in [0.29, 0.717) is 18.7 Å². The molecule has 1 aromatic heterocycles. The molecule has 178 valence electrons. The number of rotatable bonds is 7. The number of nitrogens with zero attached hydrogens (tertiary/aromatic N) is 3. The van der Waals surface area contributed by atoms with E-state index in [1.165, 1.54) is 7.11 Å². The van der Waals surface area contributed by atoms with E-state index in [-0.39, 0.29) is 42.9 Å². The molecule has 1 aliphatic heterocycles. The van der Waals surface area contributed by atoms with Gasteiger partial charge in [-0.25, -0.2) is 4.98 Å². The highest BCUT2D eigenvalue weighted by molar-refractivity contribution is 5.98. The molecular weight excluding hydrogens is 422 g/mol. The van der Waals surface area contributed by atoms with Crippen LogP contribution in [0.25, 0.3) is 11.1 Å². The lowest BCUT2D eigenvalue weighted by atomic mass is 9.99. The fourth-order valence-electron chi connectivity index (χ4n) is 3.83. The molecule has 1 aliphatic rings. The number of aliphatic hydroxyl groups excluding tert-OH is 1. The van der Waals surface area contributed by atoms with Crippen LogP contribution in [0.5, 0.6) is 5.88 Å². The number of pyridine rings is 1. The fraction of sp³-hybridized carbons (Fsp3) is 0.480. The Morgan fingerprint density at radius 1 is 1.33 bits per heavy atom. The maximum Gasteiger partial charge on any atom is 0.259 e. The average Bonchev–Trinajstić information content (AvgIpc) is 2.81. The van der Waals surface area contributed by atoms with Crippen LogP contribution in [0.3, 0.4) is 0 Å². The van der Waals surface area contributed by atoms with Crippen molar-refractivity contribution < 1.29 is 24.2 Å². The van der Waals surface area contributed by atoms with Gasteiger partial charge in [-0.15, -0.1) is 0 Å². The Balaban J connectivity index is 2.00. The first-order valence-corrected chi connectivity index (χ1v) is 11.1. The lowest BCUT2D eigenvalue weighted by Crippen LogP contribution is -2.50. The molecule has 0 saturated carbocycles. The van der Waals surface area contributed by atoms with Crippen LogP contribution in [0.2, 0.25) is 0 Å². The van der Waals surface area contributed by atoms with Crippen molar-refractivity contribution in [1.29, 1.82) is 0 Å². The SMILES string of the molecule is COCC(=O)N(C)C[C@@H]1Oc2ncc(-c3ccc(C)cc3)cc2C(=O)N([C@H](C)CO)C[C@H]1C. The van der Waals surface area contributed by atoms with Crippen molar-refractivity contribution in [3.8, 4) is 17.0 Å². The van der Waals surface area contributed by atoms with Gasteiger partial charge in [-0.1, -0.05) is 36.8 Å². The van der Waals surface area contributed by atoms with Crippen molar-refractivity contribution in [2.24, 2.45) is 5.92 Å². The van der Waals surface area contributed by atoms with E-state index in [4.69, 9.17) is 9.47 Å². The van der Waals surface area contributed by atoms with Crippen LogP contribution < -0.4 is 4.74 Å². The number of carbonyl (C=O) groups excluding carboxylic acids is 2. The van der Waals surface area contributed by atoms with Gasteiger partial charge in [-0.2, -0.15) is 0 Å². The summed E-state index contributed by atoms with van der Waals surface area (Å²) >= 11 is 0. The molecule has 3 atom stereocenters. The number of methoxy groups -OCH3 is 1. The summed E-state index contributed by atoms with van der Waals surface area (Å²) in [6.45, 7) is 6.33. The van der Waals surface area contributed by atoms with E-state index in [0.717, 1.165) is 16.7 Å². The van der Waals surface area contributed by atoms with Crippen LogP contribution in [-0.2, 0) is 9.53 Å². The molecule has 0 radical (unpaired) electrons. The summed E-state index contributed by atoms with van der Waals surface area (Å²) in [6, 6.07) is 9.41. The summed E-state index contributed by atoms with van der Waals surface area (Å²) in [5.41, 5.74) is 3.24. The number of hydrogen-bond donors (Lipinski definition) is 1. The third-order valence-corrected chi connectivity index (χ3v) is 6.05. The number of hydrogen-bond acceptors (Lipinski definition) is 6. The van der Waals surface area contributed by atoms with Gasteiger partial charge in [0.25, 0.3) is 5.91 Å². The van der Waals surface area contributed by atoms with Gasteiger partial charge in [-0.05, 0) is 25.5 Å². The van der Waals surface area contributed by atoms with Crippen LogP contribution >= 0.6 is 0 Å². The van der Waals surface area contributed by atoms with E-state index >= 15 is 0 Å². The number of aryl methyl sites for hydroxylation is 1. The summed E-state index contributed by atoms with van der Waals surface area (Å²) in [6.07, 6.45) is 1.30. The summed E-state index contributed by atoms with van der Waals surface area (Å²) in [5.74, 6) is -0.264. The highest BCUT2D eigenvalue weighted by Crippen LogP contribution is 2.30. The van der Waals surface area contributed by atoms with Gasteiger partial charge >= 0.3 is 0 Å². The minimum atomic E-state index is -0.395. The Morgan fingerprint density at radius 3 is 2.67 bits per heavy atom. The van der Waals surface area contributed by atoms with Gasteiger partial charge in [0.15, 0.2) is 0 Å². The second kappa shape index (κ2) is 10.8. The lowest BCUT2D eigenvalue weighted by Gasteiger charge is -2.37. The molecule has 0 bridgehead atoms. The first-order chi connectivity index (χ1) is 15.7. The zero-order valence-corrected chi connectivity index (χ0v) is 19.9. The van der Waals surface area contributed by atoms with Crippen LogP contribution in [0, 0.1) is 12.8 Å². The second-order valence-corrected chi connectivity index (χ2v) is 8.77. The maximum atomic E-state index is 13.5. The van der Waals surface area contributed by atoms with Crippen molar-refractivity contribution >= 4 is 11.8 Å². The second-order valence-electron chi connectivity index (χ2n) is 8.77. The Morgan fingerprint density at radius 2 is 2.03 bits per heavy atom. The van der Waals surface area contributed by atoms with Gasteiger partial charge in [0.1, 0.15) is 18.3 Å². The molecule has 2 heterocycles. The molecule has 8 nitrogen and oxygen atoms in total. The lowest BCUT2D eigenvalue weighted by molar-refractivity contribution is -0.135. The Hall–Kier alpha value is -2.97. The van der Waals surface area contributed by atoms with Gasteiger partial charge in [0, 0.05) is 38.4 Å². The van der Waals surface area contributed by atoms with Gasteiger partial charge < -0.3 is 24.4 Å². The largest absolute Gasteiger partial charge is 0.472 e. The number of aliphatic hydroxyl groups is 1. The summed E-state index contributed by atoms with van der Waals surface area (Å²) < 4.78 is 11.2. The molecule has 0 saturated heterocycles. The fourth-order valence-corrected chi connectivity index (χ4v) is 3.83. The smallest absolute Gasteiger partial charge is 0.259 e. The molecule has 0 fully saturated rings. The van der Waals surface area contributed by atoms with E-state index in [1.807, 2.05) is 45.0 Å². The van der Waals surface area contributed by atoms with Gasteiger partial charge in [-0.3, -0.25) is 9.59 Å². The zero-order chi connectivity index (χ0) is 24.1. The Kier molecular flexibility index (Phi) is 8.05. The minimum Gasteiger partial charge on any atom is -0.472 e. The molecule has 0 spiro atoms. The number of ether oxygens (including phenoxy) is 2. The molecule has 1 aromatic carbocycles. The Bertz CT molecular complexity index is 979. The minimum absolute atomic E-state index is 0.0154. The predicted molar refractivity (Wildman–Crippen MR) is 125 cm³/mol. The monoisotopic (exact) mass is 455 g/mol. The summed E-state index contributed by atoms with van der Waals surface area (Å²) in [5, 5.41) is 9.80. The van der Waals surface area contributed by atoms with Gasteiger partial charge in [0.2, 0.25) is 11.8 Å². The molecule has 2 aromatic rings. The number of likely N-dealkylation sites (N-methyl/N-ethyl adjacent to an activating group) is 1. The third kappa shape index (κ3) is 5.69. The molecule has 0 unspecified atom stereocenters. The third-order valence-electron chi connectivity index (χ3n) is 6.05. The van der Waals surface area contributed by atoms with Crippen molar-refractivity contribution in [2.45, 2.75) is 32.9 Å². The van der Waals surface area contributed by atoms with Gasteiger partial charge in [0.05, 0.1) is 19.2 Å². The van der Waals surface area contributed by atoms with Crippen molar-refractivity contribution in [1.82, 2.24) is 14.8 Å². The van der Waals surface area contributed by atoms with Crippen LogP contribution in [0.4, 0.5) is 0 Å². The topological polar surface area (TPSA) is 92.2 Å². The molecule has 1 N–H and O–H groups in total. The number of benzene rings is 1. The van der Waals surface area contributed by atoms with Crippen molar-refractivity contribution in [2.75, 3.05) is 40.5 Å².